The molecule has 0 aliphatic heterocycles. The van der Waals surface area contributed by atoms with Crippen LogP contribution in [0.3, 0.4) is 0 Å². The summed E-state index contributed by atoms with van der Waals surface area (Å²) in [6.07, 6.45) is 5.44. The van der Waals surface area contributed by atoms with Gasteiger partial charge in [0.25, 0.3) is 0 Å². The minimum Gasteiger partial charge on any atom is -0.335 e. The summed E-state index contributed by atoms with van der Waals surface area (Å²) in [6.45, 7) is 2.87. The van der Waals surface area contributed by atoms with Gasteiger partial charge in [0.05, 0.1) is 10.9 Å². The SMILES string of the molecule is CCn1ccnc1CC(NN)c1cccc(S(C)(=O)=O)c1. The smallest absolute Gasteiger partial charge is 0.175 e. The van der Waals surface area contributed by atoms with Gasteiger partial charge in [-0.2, -0.15) is 0 Å². The minimum atomic E-state index is -3.23. The van der Waals surface area contributed by atoms with Crippen LogP contribution in [0.4, 0.5) is 0 Å². The van der Waals surface area contributed by atoms with Crippen molar-refractivity contribution in [3.63, 3.8) is 0 Å². The van der Waals surface area contributed by atoms with Crippen LogP contribution in [-0.4, -0.2) is 24.2 Å². The first-order chi connectivity index (χ1) is 9.95. The van der Waals surface area contributed by atoms with Crippen molar-refractivity contribution in [2.75, 3.05) is 6.26 Å². The number of benzene rings is 1. The molecule has 0 bridgehead atoms. The zero-order chi connectivity index (χ0) is 15.5. The first kappa shape index (κ1) is 15.7. The Kier molecular flexibility index (Phi) is 4.76. The van der Waals surface area contributed by atoms with E-state index in [0.29, 0.717) is 11.3 Å². The number of hydrogen-bond acceptors (Lipinski definition) is 5. The van der Waals surface area contributed by atoms with E-state index in [-0.39, 0.29) is 6.04 Å². The molecule has 0 aliphatic carbocycles. The van der Waals surface area contributed by atoms with Crippen LogP contribution in [0.15, 0.2) is 41.6 Å². The molecule has 21 heavy (non-hydrogen) atoms. The molecule has 2 aromatic rings. The van der Waals surface area contributed by atoms with Gasteiger partial charge in [0.2, 0.25) is 0 Å². The average molecular weight is 308 g/mol. The van der Waals surface area contributed by atoms with Gasteiger partial charge in [-0.15, -0.1) is 0 Å². The van der Waals surface area contributed by atoms with E-state index >= 15 is 0 Å². The summed E-state index contributed by atoms with van der Waals surface area (Å²) in [5.41, 5.74) is 3.56. The van der Waals surface area contributed by atoms with Gasteiger partial charge in [0.15, 0.2) is 9.84 Å². The molecule has 1 heterocycles. The minimum absolute atomic E-state index is 0.195. The second kappa shape index (κ2) is 6.38. The van der Waals surface area contributed by atoms with E-state index in [1.165, 1.54) is 6.26 Å². The number of sulfone groups is 1. The molecule has 0 spiro atoms. The monoisotopic (exact) mass is 308 g/mol. The molecule has 6 nitrogen and oxygen atoms in total. The van der Waals surface area contributed by atoms with Crippen molar-refractivity contribution in [1.82, 2.24) is 15.0 Å². The van der Waals surface area contributed by atoms with Crippen LogP contribution in [0, 0.1) is 0 Å². The van der Waals surface area contributed by atoms with Crippen molar-refractivity contribution in [3.8, 4) is 0 Å². The Hall–Kier alpha value is -1.70. The Morgan fingerprint density at radius 2 is 2.19 bits per heavy atom. The molecule has 0 aliphatic rings. The lowest BCUT2D eigenvalue weighted by Gasteiger charge is -2.17. The summed E-state index contributed by atoms with van der Waals surface area (Å²) in [4.78, 5) is 4.61. The van der Waals surface area contributed by atoms with Crippen LogP contribution >= 0.6 is 0 Å². The maximum absolute atomic E-state index is 11.6. The lowest BCUT2D eigenvalue weighted by molar-refractivity contribution is 0.522. The van der Waals surface area contributed by atoms with Crippen LogP contribution in [0.2, 0.25) is 0 Å². The zero-order valence-electron chi connectivity index (χ0n) is 12.2. The number of nitrogens with two attached hydrogens (primary N) is 1. The Balaban J connectivity index is 2.30. The number of imidazole rings is 1. The maximum atomic E-state index is 11.6. The molecule has 1 aromatic carbocycles. The van der Waals surface area contributed by atoms with Crippen molar-refractivity contribution >= 4 is 9.84 Å². The lowest BCUT2D eigenvalue weighted by Crippen LogP contribution is -2.30. The first-order valence-electron chi connectivity index (χ1n) is 6.72. The van der Waals surface area contributed by atoms with Gasteiger partial charge in [-0.3, -0.25) is 11.3 Å². The second-order valence-corrected chi connectivity index (χ2v) is 6.91. The molecule has 1 aromatic heterocycles. The normalized spacial score (nSPS) is 13.3. The number of hydrazine groups is 1. The molecule has 0 radical (unpaired) electrons. The van der Waals surface area contributed by atoms with Crippen molar-refractivity contribution in [1.29, 1.82) is 0 Å². The molecule has 0 amide bonds. The van der Waals surface area contributed by atoms with Gasteiger partial charge in [-0.25, -0.2) is 13.4 Å². The highest BCUT2D eigenvalue weighted by molar-refractivity contribution is 7.90. The summed E-state index contributed by atoms with van der Waals surface area (Å²) in [5.74, 6) is 6.54. The Bertz CT molecular complexity index is 709. The van der Waals surface area contributed by atoms with E-state index in [1.54, 1.807) is 24.4 Å². The largest absolute Gasteiger partial charge is 0.335 e. The predicted octanol–water partition coefficient (Wildman–Crippen LogP) is 1.05. The van der Waals surface area contributed by atoms with Crippen LogP contribution in [0.25, 0.3) is 0 Å². The topological polar surface area (TPSA) is 90.0 Å². The quantitative estimate of drug-likeness (QED) is 0.615. The molecule has 0 saturated carbocycles. The molecule has 0 fully saturated rings. The molecule has 114 valence electrons. The van der Waals surface area contributed by atoms with E-state index in [9.17, 15) is 8.42 Å². The highest BCUT2D eigenvalue weighted by Crippen LogP contribution is 2.20. The highest BCUT2D eigenvalue weighted by atomic mass is 32.2. The molecule has 1 unspecified atom stereocenters. The lowest BCUT2D eigenvalue weighted by atomic mass is 10.0. The standard InChI is InChI=1S/C14H20N4O2S/c1-3-18-8-7-16-14(18)10-13(17-15)11-5-4-6-12(9-11)21(2,19)20/h4-9,13,17H,3,10,15H2,1-2H3. The van der Waals surface area contributed by atoms with E-state index in [2.05, 4.69) is 10.4 Å². The van der Waals surface area contributed by atoms with Crippen LogP contribution in [0.1, 0.15) is 24.4 Å². The number of nitrogens with zero attached hydrogens (tertiary/aromatic N) is 2. The molecule has 7 heteroatoms. The fourth-order valence-electron chi connectivity index (χ4n) is 2.24. The van der Waals surface area contributed by atoms with Gasteiger partial charge in [0, 0.05) is 31.6 Å². The van der Waals surface area contributed by atoms with Gasteiger partial charge >= 0.3 is 0 Å². The van der Waals surface area contributed by atoms with Crippen molar-refractivity contribution in [2.24, 2.45) is 5.84 Å². The fourth-order valence-corrected chi connectivity index (χ4v) is 2.91. The second-order valence-electron chi connectivity index (χ2n) is 4.90. The third-order valence-electron chi connectivity index (χ3n) is 3.42. The Labute approximate surface area is 124 Å². The van der Waals surface area contributed by atoms with E-state index < -0.39 is 9.84 Å². The molecule has 3 N–H and O–H groups in total. The molecular weight excluding hydrogens is 288 g/mol. The van der Waals surface area contributed by atoms with Gasteiger partial charge in [-0.1, -0.05) is 12.1 Å². The van der Waals surface area contributed by atoms with Crippen molar-refractivity contribution < 1.29 is 8.42 Å². The highest BCUT2D eigenvalue weighted by Gasteiger charge is 2.16. The summed E-state index contributed by atoms with van der Waals surface area (Å²) >= 11 is 0. The fraction of sp³-hybridized carbons (Fsp3) is 0.357. The van der Waals surface area contributed by atoms with Gasteiger partial charge in [0.1, 0.15) is 5.82 Å². The summed E-state index contributed by atoms with van der Waals surface area (Å²) < 4.78 is 25.3. The van der Waals surface area contributed by atoms with Crippen molar-refractivity contribution in [2.45, 2.75) is 30.8 Å². The number of nitrogens with one attached hydrogen (secondary N) is 1. The Morgan fingerprint density at radius 1 is 1.43 bits per heavy atom. The molecule has 1 atom stereocenters. The number of hydrogen-bond donors (Lipinski definition) is 2. The van der Waals surface area contributed by atoms with Crippen LogP contribution < -0.4 is 11.3 Å². The van der Waals surface area contributed by atoms with E-state index in [0.717, 1.165) is 17.9 Å². The third kappa shape index (κ3) is 3.69. The summed E-state index contributed by atoms with van der Waals surface area (Å²) in [6, 6.07) is 6.62. The van der Waals surface area contributed by atoms with E-state index in [4.69, 9.17) is 5.84 Å². The number of aryl methyl sites for hydroxylation is 1. The Morgan fingerprint density at radius 3 is 2.81 bits per heavy atom. The summed E-state index contributed by atoms with van der Waals surface area (Å²) in [5, 5.41) is 0. The first-order valence-corrected chi connectivity index (χ1v) is 8.61. The zero-order valence-corrected chi connectivity index (χ0v) is 13.0. The van der Waals surface area contributed by atoms with Crippen LogP contribution in [-0.2, 0) is 22.8 Å². The average Bonchev–Trinajstić information content (AvgIpc) is 2.91. The summed E-state index contributed by atoms with van der Waals surface area (Å²) in [7, 11) is -3.23. The maximum Gasteiger partial charge on any atom is 0.175 e. The molecule has 2 rings (SSSR count). The molecule has 0 saturated heterocycles. The van der Waals surface area contributed by atoms with Gasteiger partial charge < -0.3 is 4.57 Å². The third-order valence-corrected chi connectivity index (χ3v) is 4.53. The predicted molar refractivity (Wildman–Crippen MR) is 81.2 cm³/mol. The number of aromatic nitrogens is 2. The van der Waals surface area contributed by atoms with Crippen LogP contribution in [0.5, 0.6) is 0 Å². The molecular formula is C14H20N4O2S. The van der Waals surface area contributed by atoms with Crippen molar-refractivity contribution in [3.05, 3.63) is 48.0 Å². The van der Waals surface area contributed by atoms with Gasteiger partial charge in [-0.05, 0) is 24.6 Å². The van der Waals surface area contributed by atoms with E-state index in [1.807, 2.05) is 23.8 Å². The number of rotatable bonds is 6.